The number of allylic oxidation sites excluding steroid dienone is 1. The van der Waals surface area contributed by atoms with Crippen LogP contribution in [0.15, 0.2) is 42.5 Å². The highest BCUT2D eigenvalue weighted by atomic mass is 16.6. The molecule has 1 saturated heterocycles. The molecule has 39 heavy (non-hydrogen) atoms. The van der Waals surface area contributed by atoms with Gasteiger partial charge in [-0.2, -0.15) is 0 Å². The van der Waals surface area contributed by atoms with E-state index in [1.54, 1.807) is 37.3 Å². The molecule has 0 bridgehead atoms. The summed E-state index contributed by atoms with van der Waals surface area (Å²) in [7, 11) is 1.14. The number of benzene rings is 1. The van der Waals surface area contributed by atoms with Crippen LogP contribution in [-0.4, -0.2) is 97.9 Å². The van der Waals surface area contributed by atoms with Gasteiger partial charge in [0.25, 0.3) is 5.91 Å². The van der Waals surface area contributed by atoms with E-state index in [2.05, 4.69) is 0 Å². The molecule has 0 saturated carbocycles. The summed E-state index contributed by atoms with van der Waals surface area (Å²) in [5, 5.41) is 8.62. The summed E-state index contributed by atoms with van der Waals surface area (Å²) in [6, 6.07) is 8.10. The lowest BCUT2D eigenvalue weighted by Crippen LogP contribution is -2.52. The summed E-state index contributed by atoms with van der Waals surface area (Å²) < 4.78 is 26.1. The Hall–Kier alpha value is -3.45. The lowest BCUT2D eigenvalue weighted by atomic mass is 10.0. The fourth-order valence-corrected chi connectivity index (χ4v) is 3.87. The van der Waals surface area contributed by atoms with Crippen LogP contribution >= 0.6 is 0 Å². The average Bonchev–Trinajstić information content (AvgIpc) is 3.22. The van der Waals surface area contributed by atoms with Gasteiger partial charge in [-0.05, 0) is 31.1 Å². The van der Waals surface area contributed by atoms with Crippen LogP contribution in [0, 0.1) is 0 Å². The van der Waals surface area contributed by atoms with Gasteiger partial charge in [-0.3, -0.25) is 19.2 Å². The third-order valence-corrected chi connectivity index (χ3v) is 5.73. The van der Waals surface area contributed by atoms with Crippen molar-refractivity contribution in [1.82, 2.24) is 4.90 Å². The van der Waals surface area contributed by atoms with Crippen molar-refractivity contribution in [2.75, 3.05) is 40.1 Å². The number of ether oxygens (including phenoxy) is 5. The van der Waals surface area contributed by atoms with Crippen LogP contribution < -0.4 is 0 Å². The molecule has 12 heteroatoms. The maximum atomic E-state index is 13.4. The molecule has 1 aliphatic heterocycles. The summed E-state index contributed by atoms with van der Waals surface area (Å²) in [5.41, 5.74) is 0.678. The minimum atomic E-state index is -1.73. The second-order valence-corrected chi connectivity index (χ2v) is 8.60. The van der Waals surface area contributed by atoms with Crippen molar-refractivity contribution in [1.29, 1.82) is 0 Å². The highest BCUT2D eigenvalue weighted by Crippen LogP contribution is 2.33. The summed E-state index contributed by atoms with van der Waals surface area (Å²) in [6.07, 6.45) is -2.64. The maximum Gasteiger partial charge on any atom is 0.417 e. The van der Waals surface area contributed by atoms with Crippen molar-refractivity contribution < 1.29 is 52.8 Å². The maximum absolute atomic E-state index is 13.4. The monoisotopic (exact) mass is 549 g/mol. The molecule has 1 N–H and O–H groups in total. The molecule has 1 aliphatic rings. The van der Waals surface area contributed by atoms with E-state index in [1.165, 1.54) is 0 Å². The minimum absolute atomic E-state index is 0.0736. The van der Waals surface area contributed by atoms with Crippen LogP contribution in [0.3, 0.4) is 0 Å². The Labute approximate surface area is 226 Å². The molecule has 2 amide bonds. The van der Waals surface area contributed by atoms with Crippen molar-refractivity contribution in [3.05, 3.63) is 48.0 Å². The quantitative estimate of drug-likeness (QED) is 0.171. The summed E-state index contributed by atoms with van der Waals surface area (Å²) in [4.78, 5) is 63.6. The first kappa shape index (κ1) is 31.8. The van der Waals surface area contributed by atoms with E-state index in [9.17, 15) is 24.0 Å². The van der Waals surface area contributed by atoms with Crippen LogP contribution in [0.4, 0.5) is 4.79 Å². The number of aliphatic hydroxyl groups excluding tert-OH is 1. The number of methoxy groups -OCH3 is 1. The van der Waals surface area contributed by atoms with E-state index >= 15 is 0 Å². The second kappa shape index (κ2) is 16.5. The SMILES string of the molecule is COC(C(=O)N1C(=O)OC(c2ccccc2)C1C)C(OC(C)=O)C(=O)C=CC(=O)CCCOCCOCCO. The molecule has 4 atom stereocenters. The Morgan fingerprint density at radius 3 is 2.31 bits per heavy atom. The van der Waals surface area contributed by atoms with E-state index in [0.29, 0.717) is 31.8 Å². The van der Waals surface area contributed by atoms with E-state index in [-0.39, 0.29) is 25.4 Å². The molecule has 0 aromatic heterocycles. The molecule has 4 unspecified atom stereocenters. The zero-order valence-electron chi connectivity index (χ0n) is 22.3. The summed E-state index contributed by atoms with van der Waals surface area (Å²) in [6.45, 7) is 3.74. The molecule has 2 rings (SSSR count). The van der Waals surface area contributed by atoms with Gasteiger partial charge in [0.2, 0.25) is 0 Å². The van der Waals surface area contributed by atoms with Crippen LogP contribution in [0.25, 0.3) is 0 Å². The van der Waals surface area contributed by atoms with E-state index < -0.39 is 48.1 Å². The number of cyclic esters (lactones) is 1. The number of hydrogen-bond acceptors (Lipinski definition) is 11. The number of rotatable bonds is 17. The van der Waals surface area contributed by atoms with Crippen molar-refractivity contribution >= 4 is 29.5 Å². The lowest BCUT2D eigenvalue weighted by molar-refractivity contribution is -0.166. The Bertz CT molecular complexity index is 1010. The Morgan fingerprint density at radius 2 is 1.69 bits per heavy atom. The number of carbonyl (C=O) groups excluding carboxylic acids is 5. The fourth-order valence-electron chi connectivity index (χ4n) is 3.87. The molecular formula is C27H35NO11. The topological polar surface area (TPSA) is 155 Å². The molecule has 0 aliphatic carbocycles. The van der Waals surface area contributed by atoms with Gasteiger partial charge in [-0.25, -0.2) is 9.69 Å². The standard InChI is InChI=1S/C27H35NO11/c1-18-23(20-8-5-4-6-9-20)39-27(34)28(18)26(33)25(35-3)24(38-19(2)30)22(32)12-11-21(31)10-7-14-36-16-17-37-15-13-29/h4-6,8-9,11-12,18,23-25,29H,7,10,13-17H2,1-3H3. The molecule has 1 fully saturated rings. The predicted octanol–water partition coefficient (Wildman–Crippen LogP) is 1.54. The highest BCUT2D eigenvalue weighted by molar-refractivity contribution is 6.05. The van der Waals surface area contributed by atoms with Gasteiger partial charge >= 0.3 is 12.1 Å². The first-order valence-electron chi connectivity index (χ1n) is 12.5. The van der Waals surface area contributed by atoms with Crippen molar-refractivity contribution in [2.45, 2.75) is 51.0 Å². The molecule has 12 nitrogen and oxygen atoms in total. The van der Waals surface area contributed by atoms with Gasteiger partial charge in [0, 0.05) is 27.1 Å². The van der Waals surface area contributed by atoms with E-state index in [4.69, 9.17) is 28.8 Å². The third-order valence-electron chi connectivity index (χ3n) is 5.73. The van der Waals surface area contributed by atoms with Gasteiger partial charge in [-0.1, -0.05) is 30.3 Å². The first-order chi connectivity index (χ1) is 18.7. The van der Waals surface area contributed by atoms with Crippen molar-refractivity contribution in [2.24, 2.45) is 0 Å². The number of imide groups is 1. The van der Waals surface area contributed by atoms with Crippen LogP contribution in [0.2, 0.25) is 0 Å². The van der Waals surface area contributed by atoms with E-state index in [1.807, 2.05) is 0 Å². The number of amides is 2. The average molecular weight is 550 g/mol. The number of ketones is 2. The predicted molar refractivity (Wildman–Crippen MR) is 135 cm³/mol. The van der Waals surface area contributed by atoms with Crippen LogP contribution in [0.5, 0.6) is 0 Å². The number of nitrogens with zero attached hydrogens (tertiary/aromatic N) is 1. The number of hydrogen-bond donors (Lipinski definition) is 1. The van der Waals surface area contributed by atoms with Gasteiger partial charge in [0.05, 0.1) is 32.5 Å². The van der Waals surface area contributed by atoms with Crippen LogP contribution in [0.1, 0.15) is 38.4 Å². The Balaban J connectivity index is 2.02. The molecule has 214 valence electrons. The first-order valence-corrected chi connectivity index (χ1v) is 12.5. The lowest BCUT2D eigenvalue weighted by Gasteiger charge is -2.27. The zero-order chi connectivity index (χ0) is 28.8. The highest BCUT2D eigenvalue weighted by Gasteiger charge is 2.48. The normalized spacial score (nSPS) is 18.6. The molecule has 1 heterocycles. The Morgan fingerprint density at radius 1 is 1.03 bits per heavy atom. The van der Waals surface area contributed by atoms with E-state index in [0.717, 1.165) is 31.1 Å². The smallest absolute Gasteiger partial charge is 0.417 e. The number of aliphatic hydroxyl groups is 1. The van der Waals surface area contributed by atoms with Crippen molar-refractivity contribution in [3.63, 3.8) is 0 Å². The molecule has 0 spiro atoms. The third kappa shape index (κ3) is 9.66. The molecule has 1 aromatic rings. The van der Waals surface area contributed by atoms with Gasteiger partial charge in [0.1, 0.15) is 6.10 Å². The number of carbonyl (C=O) groups is 5. The minimum Gasteiger partial charge on any atom is -0.451 e. The molecule has 0 radical (unpaired) electrons. The van der Waals surface area contributed by atoms with Crippen molar-refractivity contribution in [3.8, 4) is 0 Å². The summed E-state index contributed by atoms with van der Waals surface area (Å²) in [5.74, 6) is -3.03. The molecular weight excluding hydrogens is 514 g/mol. The number of esters is 1. The van der Waals surface area contributed by atoms with Gasteiger partial charge in [0.15, 0.2) is 23.8 Å². The van der Waals surface area contributed by atoms with Gasteiger partial charge in [-0.15, -0.1) is 0 Å². The van der Waals surface area contributed by atoms with Gasteiger partial charge < -0.3 is 28.8 Å². The second-order valence-electron chi connectivity index (χ2n) is 8.60. The fraction of sp³-hybridized carbons (Fsp3) is 0.519. The Kier molecular flexibility index (Phi) is 13.4. The largest absolute Gasteiger partial charge is 0.451 e. The van der Waals surface area contributed by atoms with Crippen LogP contribution in [-0.2, 0) is 42.9 Å². The zero-order valence-corrected chi connectivity index (χ0v) is 22.3. The summed E-state index contributed by atoms with van der Waals surface area (Å²) >= 11 is 0. The molecule has 1 aromatic carbocycles.